The Morgan fingerprint density at radius 2 is 2.26 bits per heavy atom. The standard InChI is InChI=1S/C12H15N5O2/c1-3-17-7-6-10(16-17)15-11-8(13)4-5-9(14-11)12(18)19-2/h4-7H,3,13H2,1-2H3,(H,14,15,16). The van der Waals surface area contributed by atoms with Crippen molar-refractivity contribution in [2.45, 2.75) is 13.5 Å². The molecule has 0 saturated carbocycles. The van der Waals surface area contributed by atoms with Crippen molar-refractivity contribution >= 4 is 23.3 Å². The first kappa shape index (κ1) is 12.9. The molecule has 0 fully saturated rings. The molecule has 0 aromatic carbocycles. The number of nitrogens with one attached hydrogen (secondary N) is 1. The van der Waals surface area contributed by atoms with Gasteiger partial charge in [-0.3, -0.25) is 4.68 Å². The van der Waals surface area contributed by atoms with Crippen molar-refractivity contribution in [3.05, 3.63) is 30.1 Å². The molecule has 19 heavy (non-hydrogen) atoms. The Kier molecular flexibility index (Phi) is 3.65. The van der Waals surface area contributed by atoms with E-state index in [4.69, 9.17) is 5.73 Å². The maximum absolute atomic E-state index is 11.4. The van der Waals surface area contributed by atoms with Crippen LogP contribution in [0.15, 0.2) is 24.4 Å². The smallest absolute Gasteiger partial charge is 0.356 e. The number of esters is 1. The number of carbonyl (C=O) groups is 1. The first-order valence-corrected chi connectivity index (χ1v) is 5.79. The van der Waals surface area contributed by atoms with E-state index in [0.717, 1.165) is 6.54 Å². The van der Waals surface area contributed by atoms with Crippen LogP contribution in [0.4, 0.5) is 17.3 Å². The number of nitrogen functional groups attached to an aromatic ring is 1. The molecule has 0 atom stereocenters. The molecule has 2 aromatic rings. The second-order valence-corrected chi connectivity index (χ2v) is 3.81. The summed E-state index contributed by atoms with van der Waals surface area (Å²) in [6, 6.07) is 4.91. The van der Waals surface area contributed by atoms with Crippen LogP contribution in [-0.4, -0.2) is 27.8 Å². The molecule has 0 unspecified atom stereocenters. The van der Waals surface area contributed by atoms with Crippen molar-refractivity contribution in [2.75, 3.05) is 18.2 Å². The lowest BCUT2D eigenvalue weighted by Crippen LogP contribution is -2.08. The van der Waals surface area contributed by atoms with Gasteiger partial charge < -0.3 is 15.8 Å². The largest absolute Gasteiger partial charge is 0.464 e. The van der Waals surface area contributed by atoms with E-state index in [2.05, 4.69) is 20.1 Å². The van der Waals surface area contributed by atoms with Gasteiger partial charge in [0, 0.05) is 18.8 Å². The molecular formula is C12H15N5O2. The molecule has 2 aromatic heterocycles. The lowest BCUT2D eigenvalue weighted by molar-refractivity contribution is 0.0594. The number of ether oxygens (including phenoxy) is 1. The maximum Gasteiger partial charge on any atom is 0.356 e. The van der Waals surface area contributed by atoms with E-state index in [-0.39, 0.29) is 5.69 Å². The number of anilines is 3. The third-order valence-corrected chi connectivity index (χ3v) is 2.53. The lowest BCUT2D eigenvalue weighted by Gasteiger charge is -2.07. The van der Waals surface area contributed by atoms with Gasteiger partial charge in [-0.25, -0.2) is 9.78 Å². The fraction of sp³-hybridized carbons (Fsp3) is 0.250. The zero-order valence-corrected chi connectivity index (χ0v) is 10.8. The minimum Gasteiger partial charge on any atom is -0.464 e. The zero-order valence-electron chi connectivity index (χ0n) is 10.8. The summed E-state index contributed by atoms with van der Waals surface area (Å²) in [6.07, 6.45) is 1.84. The number of hydrogen-bond donors (Lipinski definition) is 2. The van der Waals surface area contributed by atoms with Gasteiger partial charge in [0.05, 0.1) is 12.8 Å². The van der Waals surface area contributed by atoms with Crippen molar-refractivity contribution in [1.82, 2.24) is 14.8 Å². The Morgan fingerprint density at radius 1 is 1.47 bits per heavy atom. The summed E-state index contributed by atoms with van der Waals surface area (Å²) in [6.45, 7) is 2.76. The Hall–Kier alpha value is -2.57. The highest BCUT2D eigenvalue weighted by molar-refractivity contribution is 5.88. The van der Waals surface area contributed by atoms with Crippen molar-refractivity contribution in [3.63, 3.8) is 0 Å². The van der Waals surface area contributed by atoms with E-state index in [9.17, 15) is 4.79 Å². The van der Waals surface area contributed by atoms with Crippen LogP contribution in [0.1, 0.15) is 17.4 Å². The maximum atomic E-state index is 11.4. The van der Waals surface area contributed by atoms with Crippen LogP contribution in [0, 0.1) is 0 Å². The summed E-state index contributed by atoms with van der Waals surface area (Å²) < 4.78 is 6.38. The third-order valence-electron chi connectivity index (χ3n) is 2.53. The molecule has 100 valence electrons. The summed E-state index contributed by atoms with van der Waals surface area (Å²) >= 11 is 0. The molecule has 0 aliphatic heterocycles. The summed E-state index contributed by atoms with van der Waals surface area (Å²) in [5.74, 6) is 0.481. The van der Waals surface area contributed by atoms with Gasteiger partial charge in [0.2, 0.25) is 0 Å². The highest BCUT2D eigenvalue weighted by Crippen LogP contribution is 2.20. The molecule has 0 bridgehead atoms. The minimum absolute atomic E-state index is 0.189. The van der Waals surface area contributed by atoms with Gasteiger partial charge in [-0.2, -0.15) is 5.10 Å². The summed E-state index contributed by atoms with van der Waals surface area (Å²) in [4.78, 5) is 15.5. The Morgan fingerprint density at radius 3 is 2.89 bits per heavy atom. The molecular weight excluding hydrogens is 246 g/mol. The summed E-state index contributed by atoms with van der Waals surface area (Å²) in [7, 11) is 1.30. The Balaban J connectivity index is 2.25. The monoisotopic (exact) mass is 261 g/mol. The molecule has 2 heterocycles. The highest BCUT2D eigenvalue weighted by atomic mass is 16.5. The number of carbonyl (C=O) groups excluding carboxylic acids is 1. The van der Waals surface area contributed by atoms with E-state index in [1.54, 1.807) is 16.8 Å². The van der Waals surface area contributed by atoms with Gasteiger partial charge >= 0.3 is 5.97 Å². The number of pyridine rings is 1. The molecule has 0 spiro atoms. The van der Waals surface area contributed by atoms with Gasteiger partial charge in [0.15, 0.2) is 17.3 Å². The Labute approximate surface area is 110 Å². The SMILES string of the molecule is CCn1ccc(Nc2nc(C(=O)OC)ccc2N)n1. The van der Waals surface area contributed by atoms with Gasteiger partial charge in [-0.15, -0.1) is 0 Å². The average Bonchev–Trinajstić information content (AvgIpc) is 2.88. The molecule has 2 rings (SSSR count). The van der Waals surface area contributed by atoms with Crippen LogP contribution >= 0.6 is 0 Å². The molecule has 0 amide bonds. The fourth-order valence-electron chi connectivity index (χ4n) is 1.51. The molecule has 0 aliphatic rings. The van der Waals surface area contributed by atoms with Gasteiger partial charge in [-0.1, -0.05) is 0 Å². The third kappa shape index (κ3) is 2.82. The average molecular weight is 261 g/mol. The van der Waals surface area contributed by atoms with Crippen molar-refractivity contribution in [2.24, 2.45) is 0 Å². The number of methoxy groups -OCH3 is 1. The van der Waals surface area contributed by atoms with E-state index >= 15 is 0 Å². The van der Waals surface area contributed by atoms with E-state index in [0.29, 0.717) is 17.3 Å². The Bertz CT molecular complexity index is 594. The van der Waals surface area contributed by atoms with Crippen LogP contribution < -0.4 is 11.1 Å². The number of nitrogens with two attached hydrogens (primary N) is 1. The first-order valence-electron chi connectivity index (χ1n) is 5.79. The van der Waals surface area contributed by atoms with Crippen LogP contribution in [0.3, 0.4) is 0 Å². The summed E-state index contributed by atoms with van der Waals surface area (Å²) in [5, 5.41) is 7.22. The first-order chi connectivity index (χ1) is 9.13. The number of aromatic nitrogens is 3. The van der Waals surface area contributed by atoms with Gasteiger partial charge in [-0.05, 0) is 19.1 Å². The molecule has 0 radical (unpaired) electrons. The van der Waals surface area contributed by atoms with Crippen molar-refractivity contribution in [3.8, 4) is 0 Å². The minimum atomic E-state index is -0.512. The topological polar surface area (TPSA) is 95.1 Å². The normalized spacial score (nSPS) is 10.2. The van der Waals surface area contributed by atoms with Crippen molar-refractivity contribution < 1.29 is 9.53 Å². The number of nitrogens with zero attached hydrogens (tertiary/aromatic N) is 3. The second-order valence-electron chi connectivity index (χ2n) is 3.81. The second kappa shape index (κ2) is 5.38. The van der Waals surface area contributed by atoms with Gasteiger partial charge in [0.25, 0.3) is 0 Å². The predicted octanol–water partition coefficient (Wildman–Crippen LogP) is 1.41. The molecule has 7 nitrogen and oxygen atoms in total. The highest BCUT2D eigenvalue weighted by Gasteiger charge is 2.11. The van der Waals surface area contributed by atoms with E-state index in [1.165, 1.54) is 13.2 Å². The van der Waals surface area contributed by atoms with E-state index in [1.807, 2.05) is 13.1 Å². The number of rotatable bonds is 4. The van der Waals surface area contributed by atoms with Crippen LogP contribution in [0.2, 0.25) is 0 Å². The van der Waals surface area contributed by atoms with Crippen LogP contribution in [-0.2, 0) is 11.3 Å². The van der Waals surface area contributed by atoms with Gasteiger partial charge in [0.1, 0.15) is 0 Å². The predicted molar refractivity (Wildman–Crippen MR) is 71.2 cm³/mol. The molecule has 0 aliphatic carbocycles. The number of hydrogen-bond acceptors (Lipinski definition) is 6. The van der Waals surface area contributed by atoms with E-state index < -0.39 is 5.97 Å². The molecule has 0 saturated heterocycles. The zero-order chi connectivity index (χ0) is 13.8. The number of aryl methyl sites for hydroxylation is 1. The summed E-state index contributed by atoms with van der Waals surface area (Å²) in [5.41, 5.74) is 6.42. The molecule has 7 heteroatoms. The van der Waals surface area contributed by atoms with Crippen LogP contribution in [0.25, 0.3) is 0 Å². The lowest BCUT2D eigenvalue weighted by atomic mass is 10.3. The van der Waals surface area contributed by atoms with Crippen LogP contribution in [0.5, 0.6) is 0 Å². The molecule has 3 N–H and O–H groups in total. The quantitative estimate of drug-likeness (QED) is 0.808. The fourth-order valence-corrected chi connectivity index (χ4v) is 1.51. The van der Waals surface area contributed by atoms with Crippen molar-refractivity contribution in [1.29, 1.82) is 0 Å².